The van der Waals surface area contributed by atoms with Gasteiger partial charge in [0.25, 0.3) is 0 Å². The molecule has 0 aromatic heterocycles. The Balaban J connectivity index is 1.69. The van der Waals surface area contributed by atoms with Gasteiger partial charge in [0.15, 0.2) is 5.78 Å². The summed E-state index contributed by atoms with van der Waals surface area (Å²) in [5.74, 6) is 1.82. The lowest BCUT2D eigenvalue weighted by molar-refractivity contribution is -0.129. The van der Waals surface area contributed by atoms with Crippen molar-refractivity contribution in [3.05, 3.63) is 40.4 Å². The zero-order chi connectivity index (χ0) is 19.2. The number of hydrogen-bond donors (Lipinski definition) is 1. The van der Waals surface area contributed by atoms with Crippen molar-refractivity contribution >= 4 is 23.1 Å². The maximum absolute atomic E-state index is 13.6. The highest BCUT2D eigenvalue weighted by atomic mass is 35.5. The highest BCUT2D eigenvalue weighted by molar-refractivity contribution is 6.30. The third kappa shape index (κ3) is 3.70. The lowest BCUT2D eigenvalue weighted by Crippen LogP contribution is -2.45. The van der Waals surface area contributed by atoms with Gasteiger partial charge in [0, 0.05) is 33.3 Å². The van der Waals surface area contributed by atoms with Crippen molar-refractivity contribution < 1.29 is 4.79 Å². The fourth-order valence-electron chi connectivity index (χ4n) is 5.93. The summed E-state index contributed by atoms with van der Waals surface area (Å²) in [6.45, 7) is 6.60. The molecule has 3 aliphatic rings. The Labute approximate surface area is 168 Å². The van der Waals surface area contributed by atoms with Gasteiger partial charge in [0.1, 0.15) is 0 Å². The second-order valence-electron chi connectivity index (χ2n) is 9.85. The molecular formula is C24H32ClNO. The van der Waals surface area contributed by atoms with Crippen LogP contribution in [0.2, 0.25) is 5.02 Å². The van der Waals surface area contributed by atoms with Crippen molar-refractivity contribution in [2.45, 2.75) is 77.7 Å². The van der Waals surface area contributed by atoms with Crippen LogP contribution < -0.4 is 5.32 Å². The van der Waals surface area contributed by atoms with Gasteiger partial charge in [0.2, 0.25) is 0 Å². The number of benzene rings is 1. The standard InChI is InChI=1S/C24H32ClNO/c1-4-24(13-16-6-5-7-17(10-16)14-24)22(27)12-21-20-11-19(25)9-8-18(20)15-23(2,3)26-21/h8-9,11-12,16-17,26H,4-7,10,13-15H2,1-3H3/b21-12-. The van der Waals surface area contributed by atoms with Crippen LogP contribution in [0.4, 0.5) is 0 Å². The first kappa shape index (κ1) is 19.1. The molecule has 1 heterocycles. The molecule has 0 radical (unpaired) electrons. The highest BCUT2D eigenvalue weighted by Crippen LogP contribution is 2.51. The van der Waals surface area contributed by atoms with Gasteiger partial charge in [-0.1, -0.05) is 43.9 Å². The molecule has 2 unspecified atom stereocenters. The summed E-state index contributed by atoms with van der Waals surface area (Å²) in [4.78, 5) is 13.6. The summed E-state index contributed by atoms with van der Waals surface area (Å²) >= 11 is 6.28. The lowest BCUT2D eigenvalue weighted by atomic mass is 9.58. The summed E-state index contributed by atoms with van der Waals surface area (Å²) in [7, 11) is 0. The van der Waals surface area contributed by atoms with Crippen molar-refractivity contribution in [3.8, 4) is 0 Å². The van der Waals surface area contributed by atoms with Crippen molar-refractivity contribution in [2.24, 2.45) is 17.3 Å². The highest BCUT2D eigenvalue weighted by Gasteiger charge is 2.45. The second-order valence-corrected chi connectivity index (χ2v) is 10.3. The summed E-state index contributed by atoms with van der Waals surface area (Å²) in [6, 6.07) is 6.07. The fraction of sp³-hybridized carbons (Fsp3) is 0.625. The monoisotopic (exact) mass is 385 g/mol. The van der Waals surface area contributed by atoms with E-state index < -0.39 is 0 Å². The number of nitrogens with one attached hydrogen (secondary N) is 1. The lowest BCUT2D eigenvalue weighted by Gasteiger charge is -2.46. The van der Waals surface area contributed by atoms with Gasteiger partial charge in [-0.3, -0.25) is 4.79 Å². The molecule has 2 nitrogen and oxygen atoms in total. The number of allylic oxidation sites excluding steroid dienone is 1. The molecule has 2 atom stereocenters. The molecule has 2 bridgehead atoms. The summed E-state index contributed by atoms with van der Waals surface area (Å²) in [6.07, 6.45) is 11.3. The van der Waals surface area contributed by atoms with Crippen LogP contribution in [0.15, 0.2) is 24.3 Å². The van der Waals surface area contributed by atoms with E-state index in [1.165, 1.54) is 31.2 Å². The van der Waals surface area contributed by atoms with E-state index in [2.05, 4.69) is 32.2 Å². The number of halogens is 1. The van der Waals surface area contributed by atoms with Crippen LogP contribution in [0.1, 0.15) is 76.8 Å². The average Bonchev–Trinajstić information content (AvgIpc) is 2.61. The van der Waals surface area contributed by atoms with Crippen LogP contribution in [0.5, 0.6) is 0 Å². The molecule has 2 saturated carbocycles. The first-order chi connectivity index (χ1) is 12.8. The van der Waals surface area contributed by atoms with Gasteiger partial charge in [-0.05, 0) is 75.5 Å². The van der Waals surface area contributed by atoms with E-state index in [1.807, 2.05) is 18.2 Å². The maximum atomic E-state index is 13.6. The Morgan fingerprint density at radius 3 is 2.63 bits per heavy atom. The normalized spacial score (nSPS) is 33.3. The molecule has 1 aromatic carbocycles. The number of rotatable bonds is 3. The minimum atomic E-state index is -0.164. The van der Waals surface area contributed by atoms with Crippen LogP contribution >= 0.6 is 11.6 Å². The van der Waals surface area contributed by atoms with E-state index in [-0.39, 0.29) is 11.0 Å². The third-order valence-corrected chi connectivity index (χ3v) is 7.43. The van der Waals surface area contributed by atoms with E-state index in [1.54, 1.807) is 0 Å². The quantitative estimate of drug-likeness (QED) is 0.630. The molecule has 1 aromatic rings. The Kier molecular flexibility index (Phi) is 4.91. The van der Waals surface area contributed by atoms with Crippen LogP contribution in [0.25, 0.3) is 5.70 Å². The first-order valence-corrected chi connectivity index (χ1v) is 11.0. The maximum Gasteiger partial charge on any atom is 0.163 e. The predicted molar refractivity (Wildman–Crippen MR) is 113 cm³/mol. The summed E-state index contributed by atoms with van der Waals surface area (Å²) in [5.41, 5.74) is 3.10. The molecule has 146 valence electrons. The molecule has 3 heteroatoms. The largest absolute Gasteiger partial charge is 0.379 e. The van der Waals surface area contributed by atoms with Crippen LogP contribution in [-0.4, -0.2) is 11.3 Å². The second kappa shape index (κ2) is 6.95. The molecular weight excluding hydrogens is 354 g/mol. The van der Waals surface area contributed by atoms with Gasteiger partial charge in [-0.2, -0.15) is 0 Å². The van der Waals surface area contributed by atoms with E-state index in [9.17, 15) is 4.79 Å². The van der Waals surface area contributed by atoms with Crippen molar-refractivity contribution in [2.75, 3.05) is 0 Å². The molecule has 27 heavy (non-hydrogen) atoms. The van der Waals surface area contributed by atoms with Gasteiger partial charge >= 0.3 is 0 Å². The number of ketones is 1. The average molecular weight is 386 g/mol. The van der Waals surface area contributed by atoms with Crippen LogP contribution in [0, 0.1) is 17.3 Å². The third-order valence-electron chi connectivity index (χ3n) is 7.19. The molecule has 0 saturated heterocycles. The van der Waals surface area contributed by atoms with Crippen LogP contribution in [-0.2, 0) is 11.2 Å². The Morgan fingerprint density at radius 1 is 1.26 bits per heavy atom. The molecule has 1 N–H and O–H groups in total. The number of fused-ring (bicyclic) bond motifs is 3. The number of hydrogen-bond acceptors (Lipinski definition) is 2. The minimum Gasteiger partial charge on any atom is -0.379 e. The molecule has 2 aliphatic carbocycles. The summed E-state index contributed by atoms with van der Waals surface area (Å²) < 4.78 is 0. The molecule has 0 amide bonds. The Bertz CT molecular complexity index is 767. The smallest absolute Gasteiger partial charge is 0.163 e. The summed E-state index contributed by atoms with van der Waals surface area (Å²) in [5, 5.41) is 4.35. The number of carbonyl (C=O) groups excluding carboxylic acids is 1. The van der Waals surface area contributed by atoms with Gasteiger partial charge in [-0.15, -0.1) is 0 Å². The van der Waals surface area contributed by atoms with Crippen molar-refractivity contribution in [1.82, 2.24) is 5.32 Å². The van der Waals surface area contributed by atoms with E-state index in [0.717, 1.165) is 53.8 Å². The fourth-order valence-corrected chi connectivity index (χ4v) is 6.10. The van der Waals surface area contributed by atoms with Crippen molar-refractivity contribution in [1.29, 1.82) is 0 Å². The Hall–Kier alpha value is -1.28. The van der Waals surface area contributed by atoms with E-state index >= 15 is 0 Å². The molecule has 2 fully saturated rings. The topological polar surface area (TPSA) is 29.1 Å². The van der Waals surface area contributed by atoms with E-state index in [4.69, 9.17) is 11.6 Å². The molecule has 4 rings (SSSR count). The Morgan fingerprint density at radius 2 is 1.96 bits per heavy atom. The van der Waals surface area contributed by atoms with Gasteiger partial charge in [0.05, 0.1) is 0 Å². The number of carbonyl (C=O) groups is 1. The van der Waals surface area contributed by atoms with E-state index in [0.29, 0.717) is 5.78 Å². The zero-order valence-corrected chi connectivity index (χ0v) is 17.7. The zero-order valence-electron chi connectivity index (χ0n) is 16.9. The predicted octanol–water partition coefficient (Wildman–Crippen LogP) is 6.17. The SMILES string of the molecule is CCC1(C(=O)/C=C2\NC(C)(C)Cc3ccc(Cl)cc32)CC2CCCC(C2)C1. The minimum absolute atomic E-state index is 0.0601. The van der Waals surface area contributed by atoms with Gasteiger partial charge in [-0.25, -0.2) is 0 Å². The van der Waals surface area contributed by atoms with Crippen LogP contribution in [0.3, 0.4) is 0 Å². The first-order valence-electron chi connectivity index (χ1n) is 10.6. The van der Waals surface area contributed by atoms with Crippen molar-refractivity contribution in [3.63, 3.8) is 0 Å². The van der Waals surface area contributed by atoms with Gasteiger partial charge < -0.3 is 5.32 Å². The molecule has 0 spiro atoms. The molecule has 1 aliphatic heterocycles.